The molecule has 2 unspecified atom stereocenters. The first-order valence-electron chi connectivity index (χ1n) is 12.1. The molecule has 3 N–H and O–H groups in total. The van der Waals surface area contributed by atoms with E-state index in [0.29, 0.717) is 23.6 Å². The lowest BCUT2D eigenvalue weighted by Gasteiger charge is -2.18. The summed E-state index contributed by atoms with van der Waals surface area (Å²) in [7, 11) is 0. The number of benzene rings is 1. The van der Waals surface area contributed by atoms with Crippen LogP contribution in [0.4, 0.5) is 24.9 Å². The average molecular weight is 529 g/mol. The number of pyridine rings is 1. The number of aliphatic hydroxyl groups excluding tert-OH is 1. The van der Waals surface area contributed by atoms with Gasteiger partial charge in [-0.15, -0.1) is 11.3 Å². The van der Waals surface area contributed by atoms with Gasteiger partial charge in [0.1, 0.15) is 33.8 Å². The smallest absolute Gasteiger partial charge is 0.225 e. The summed E-state index contributed by atoms with van der Waals surface area (Å²) in [5, 5.41) is 16.7. The van der Waals surface area contributed by atoms with Gasteiger partial charge in [0.2, 0.25) is 5.95 Å². The maximum absolute atomic E-state index is 14.2. The molecule has 7 nitrogen and oxygen atoms in total. The molecule has 1 aliphatic rings. The molecule has 0 amide bonds. The maximum atomic E-state index is 14.2. The quantitative estimate of drug-likeness (QED) is 0.284. The van der Waals surface area contributed by atoms with Crippen LogP contribution >= 0.6 is 11.3 Å². The Morgan fingerprint density at radius 3 is 2.43 bits per heavy atom. The second kappa shape index (κ2) is 10.2. The van der Waals surface area contributed by atoms with Crippen LogP contribution in [0.25, 0.3) is 20.8 Å². The molecule has 1 saturated carbocycles. The van der Waals surface area contributed by atoms with Crippen molar-refractivity contribution in [2.45, 2.75) is 52.6 Å². The number of aromatic nitrogens is 4. The van der Waals surface area contributed by atoms with E-state index in [4.69, 9.17) is 4.98 Å². The Kier molecular flexibility index (Phi) is 7.00. The van der Waals surface area contributed by atoms with E-state index in [1.54, 1.807) is 0 Å². The van der Waals surface area contributed by atoms with Crippen molar-refractivity contribution in [2.24, 2.45) is 5.92 Å². The lowest BCUT2D eigenvalue weighted by atomic mass is 10.1. The predicted molar refractivity (Wildman–Crippen MR) is 138 cm³/mol. The predicted octanol–water partition coefficient (Wildman–Crippen LogP) is 5.68. The largest absolute Gasteiger partial charge is 0.396 e. The highest BCUT2D eigenvalue weighted by atomic mass is 32.1. The van der Waals surface area contributed by atoms with E-state index in [2.05, 4.69) is 25.6 Å². The van der Waals surface area contributed by atoms with Crippen LogP contribution in [0.1, 0.15) is 41.9 Å². The maximum Gasteiger partial charge on any atom is 0.225 e. The van der Waals surface area contributed by atoms with Crippen molar-refractivity contribution >= 4 is 33.3 Å². The molecule has 5 rings (SSSR count). The third kappa shape index (κ3) is 5.24. The molecule has 3 heterocycles. The summed E-state index contributed by atoms with van der Waals surface area (Å²) in [4.78, 5) is 18.6. The van der Waals surface area contributed by atoms with E-state index < -0.39 is 17.5 Å². The van der Waals surface area contributed by atoms with Gasteiger partial charge >= 0.3 is 0 Å². The molecular formula is C26H27F3N6OS. The third-order valence-corrected chi connectivity index (χ3v) is 7.67. The minimum Gasteiger partial charge on any atom is -0.396 e. The fraction of sp³-hybridized carbons (Fsp3) is 0.385. The number of nitrogens with zero attached hydrogens (tertiary/aromatic N) is 4. The number of aliphatic hydroxyl groups is 1. The second-order valence-corrected chi connectivity index (χ2v) is 10.5. The van der Waals surface area contributed by atoms with Crippen LogP contribution in [0.15, 0.2) is 18.2 Å². The van der Waals surface area contributed by atoms with Crippen LogP contribution in [0.2, 0.25) is 0 Å². The molecule has 4 aromatic rings. The van der Waals surface area contributed by atoms with Crippen LogP contribution < -0.4 is 10.6 Å². The number of rotatable bonds is 7. The molecule has 0 saturated heterocycles. The third-order valence-electron chi connectivity index (χ3n) is 6.65. The van der Waals surface area contributed by atoms with Crippen molar-refractivity contribution in [3.8, 4) is 10.6 Å². The normalized spacial score (nSPS) is 17.5. The van der Waals surface area contributed by atoms with Gasteiger partial charge in [0.15, 0.2) is 0 Å². The molecule has 1 aliphatic carbocycles. The molecule has 1 aromatic carbocycles. The minimum atomic E-state index is -0.980. The summed E-state index contributed by atoms with van der Waals surface area (Å²) >= 11 is 1.53. The van der Waals surface area contributed by atoms with Crippen molar-refractivity contribution in [1.29, 1.82) is 0 Å². The highest BCUT2D eigenvalue weighted by molar-refractivity contribution is 7.21. The highest BCUT2D eigenvalue weighted by Gasteiger charge is 2.27. The van der Waals surface area contributed by atoms with Gasteiger partial charge in [-0.3, -0.25) is 4.98 Å². The number of thiazole rings is 1. The van der Waals surface area contributed by atoms with Gasteiger partial charge in [0, 0.05) is 42.6 Å². The molecule has 0 radical (unpaired) electrons. The van der Waals surface area contributed by atoms with E-state index in [9.17, 15) is 18.3 Å². The summed E-state index contributed by atoms with van der Waals surface area (Å²) in [6, 6.07) is 3.39. The SMILES string of the molecule is Cc1cc2sc(-c3c(C)nc(NCc4c(F)cc(F)cc4F)nc3NC3CCC(CO)C3)nc2c(C)n1. The fourth-order valence-corrected chi connectivity index (χ4v) is 6.03. The molecule has 194 valence electrons. The zero-order valence-electron chi connectivity index (χ0n) is 20.7. The first-order valence-corrected chi connectivity index (χ1v) is 12.9. The lowest BCUT2D eigenvalue weighted by Crippen LogP contribution is -2.19. The summed E-state index contributed by atoms with van der Waals surface area (Å²) in [5.41, 5.74) is 3.66. The molecule has 0 aliphatic heterocycles. The number of hydrogen-bond acceptors (Lipinski definition) is 8. The highest BCUT2D eigenvalue weighted by Crippen LogP contribution is 2.38. The molecule has 2 atom stereocenters. The average Bonchev–Trinajstić information content (AvgIpc) is 3.45. The van der Waals surface area contributed by atoms with E-state index in [1.165, 1.54) is 11.3 Å². The van der Waals surface area contributed by atoms with Crippen molar-refractivity contribution in [3.05, 3.63) is 58.3 Å². The van der Waals surface area contributed by atoms with E-state index >= 15 is 0 Å². The van der Waals surface area contributed by atoms with Gasteiger partial charge in [0.25, 0.3) is 0 Å². The molecule has 11 heteroatoms. The summed E-state index contributed by atoms with van der Waals surface area (Å²) in [6.07, 6.45) is 2.59. The van der Waals surface area contributed by atoms with Gasteiger partial charge in [-0.1, -0.05) is 0 Å². The summed E-state index contributed by atoms with van der Waals surface area (Å²) < 4.78 is 42.6. The van der Waals surface area contributed by atoms with Crippen LogP contribution in [-0.2, 0) is 6.54 Å². The Morgan fingerprint density at radius 1 is 0.973 bits per heavy atom. The minimum absolute atomic E-state index is 0.102. The van der Waals surface area contributed by atoms with Gasteiger partial charge in [-0.05, 0) is 52.0 Å². The van der Waals surface area contributed by atoms with Crippen molar-refractivity contribution in [2.75, 3.05) is 17.2 Å². The molecule has 3 aromatic heterocycles. The zero-order valence-corrected chi connectivity index (χ0v) is 21.5. The summed E-state index contributed by atoms with van der Waals surface area (Å²) in [5.74, 6) is -1.97. The van der Waals surface area contributed by atoms with Crippen LogP contribution in [-0.4, -0.2) is 37.7 Å². The van der Waals surface area contributed by atoms with Gasteiger partial charge in [-0.25, -0.2) is 23.1 Å². The standard InChI is InChI=1S/C26H27F3N6OS/c1-12-6-21-23(14(3)31-12)34-25(37-21)22-13(2)32-26(30-10-18-19(28)8-16(27)9-20(18)29)35-24(22)33-17-5-4-15(7-17)11-36/h6,8-9,15,17,36H,4-5,7,10-11H2,1-3H3,(H2,30,32,33,35). The first kappa shape index (κ1) is 25.3. The lowest BCUT2D eigenvalue weighted by molar-refractivity contribution is 0.229. The van der Waals surface area contributed by atoms with Gasteiger partial charge in [-0.2, -0.15) is 4.98 Å². The first-order chi connectivity index (χ1) is 17.7. The van der Waals surface area contributed by atoms with Gasteiger partial charge < -0.3 is 15.7 Å². The Bertz CT molecular complexity index is 1450. The molecule has 37 heavy (non-hydrogen) atoms. The molecular weight excluding hydrogens is 501 g/mol. The topological polar surface area (TPSA) is 95.9 Å². The second-order valence-electron chi connectivity index (χ2n) is 9.48. The number of aryl methyl sites for hydroxylation is 3. The zero-order chi connectivity index (χ0) is 26.3. The van der Waals surface area contributed by atoms with Crippen molar-refractivity contribution < 1.29 is 18.3 Å². The van der Waals surface area contributed by atoms with Gasteiger partial charge in [0.05, 0.1) is 21.7 Å². The van der Waals surface area contributed by atoms with Crippen molar-refractivity contribution in [1.82, 2.24) is 19.9 Å². The summed E-state index contributed by atoms with van der Waals surface area (Å²) in [6.45, 7) is 5.59. The van der Waals surface area contributed by atoms with E-state index in [1.807, 2.05) is 26.8 Å². The Morgan fingerprint density at radius 2 is 1.73 bits per heavy atom. The molecule has 1 fully saturated rings. The Balaban J connectivity index is 1.52. The molecule has 0 spiro atoms. The van der Waals surface area contributed by atoms with Crippen LogP contribution in [0, 0.1) is 44.1 Å². The monoisotopic (exact) mass is 528 g/mol. The van der Waals surface area contributed by atoms with Crippen molar-refractivity contribution in [3.63, 3.8) is 0 Å². The number of anilines is 2. The number of halogens is 3. The Labute approximate surface area is 216 Å². The molecule has 0 bridgehead atoms. The van der Waals surface area contributed by atoms with E-state index in [-0.39, 0.29) is 36.6 Å². The van der Waals surface area contributed by atoms with Crippen LogP contribution in [0.5, 0.6) is 0 Å². The fourth-order valence-electron chi connectivity index (χ4n) is 4.82. The number of fused-ring (bicyclic) bond motifs is 1. The van der Waals surface area contributed by atoms with Crippen LogP contribution in [0.3, 0.4) is 0 Å². The van der Waals surface area contributed by atoms with E-state index in [0.717, 1.165) is 51.4 Å². The number of nitrogens with one attached hydrogen (secondary N) is 2. The number of hydrogen-bond donors (Lipinski definition) is 3. The Hall–Kier alpha value is -3.31.